The van der Waals surface area contributed by atoms with Crippen molar-refractivity contribution < 1.29 is 4.74 Å². The van der Waals surface area contributed by atoms with Crippen LogP contribution in [0.15, 0.2) is 17.5 Å². The van der Waals surface area contributed by atoms with E-state index in [1.165, 1.54) is 11.3 Å². The predicted molar refractivity (Wildman–Crippen MR) is 68.9 cm³/mol. The fraction of sp³-hybridized carbons (Fsp3) is 0.692. The average Bonchev–Trinajstić information content (AvgIpc) is 2.69. The molecule has 0 saturated carbocycles. The molecule has 90 valence electrons. The molecule has 1 saturated heterocycles. The predicted octanol–water partition coefficient (Wildman–Crippen LogP) is 3.21. The molecule has 1 fully saturated rings. The second-order valence-electron chi connectivity index (χ2n) is 5.05. The van der Waals surface area contributed by atoms with Crippen molar-refractivity contribution in [1.82, 2.24) is 5.32 Å². The van der Waals surface area contributed by atoms with Gasteiger partial charge >= 0.3 is 0 Å². The van der Waals surface area contributed by atoms with E-state index >= 15 is 0 Å². The van der Waals surface area contributed by atoms with Crippen molar-refractivity contribution in [1.29, 1.82) is 0 Å². The smallest absolute Gasteiger partial charge is 0.107 e. The molecule has 2 rings (SSSR count). The van der Waals surface area contributed by atoms with Crippen LogP contribution in [0.5, 0.6) is 0 Å². The van der Waals surface area contributed by atoms with Crippen LogP contribution in [0, 0.1) is 5.92 Å². The average molecular weight is 239 g/mol. The number of hydrogen-bond acceptors (Lipinski definition) is 3. The second kappa shape index (κ2) is 5.30. The summed E-state index contributed by atoms with van der Waals surface area (Å²) in [6.45, 7) is 7.58. The van der Waals surface area contributed by atoms with Crippen molar-refractivity contribution in [2.24, 2.45) is 5.92 Å². The summed E-state index contributed by atoms with van der Waals surface area (Å²) >= 11 is 1.78. The Hall–Kier alpha value is -0.380. The molecule has 0 spiro atoms. The van der Waals surface area contributed by atoms with E-state index in [1.54, 1.807) is 11.3 Å². The minimum absolute atomic E-state index is 0.239. The van der Waals surface area contributed by atoms with E-state index in [0.717, 1.165) is 12.5 Å². The van der Waals surface area contributed by atoms with Crippen LogP contribution in [0.25, 0.3) is 0 Å². The Morgan fingerprint density at radius 2 is 2.38 bits per heavy atom. The lowest BCUT2D eigenvalue weighted by atomic mass is 10.00. The van der Waals surface area contributed by atoms with Crippen molar-refractivity contribution in [2.75, 3.05) is 6.61 Å². The zero-order valence-corrected chi connectivity index (χ0v) is 11.1. The summed E-state index contributed by atoms with van der Waals surface area (Å²) in [5, 5.41) is 5.78. The van der Waals surface area contributed by atoms with Gasteiger partial charge in [0.15, 0.2) is 0 Å². The van der Waals surface area contributed by atoms with E-state index in [0.29, 0.717) is 12.1 Å². The van der Waals surface area contributed by atoms with Gasteiger partial charge in [0.2, 0.25) is 0 Å². The van der Waals surface area contributed by atoms with Gasteiger partial charge in [-0.15, -0.1) is 11.3 Å². The number of rotatable bonds is 3. The number of ether oxygens (including phenoxy) is 1. The monoisotopic (exact) mass is 239 g/mol. The second-order valence-corrected chi connectivity index (χ2v) is 6.03. The van der Waals surface area contributed by atoms with E-state index in [1.807, 2.05) is 0 Å². The highest BCUT2D eigenvalue weighted by Crippen LogP contribution is 2.29. The molecule has 0 amide bonds. The lowest BCUT2D eigenvalue weighted by Crippen LogP contribution is -2.49. The van der Waals surface area contributed by atoms with Crippen LogP contribution in [0.2, 0.25) is 0 Å². The molecule has 2 nitrogen and oxygen atoms in total. The van der Waals surface area contributed by atoms with Crippen LogP contribution < -0.4 is 5.32 Å². The van der Waals surface area contributed by atoms with Gasteiger partial charge in [-0.1, -0.05) is 19.9 Å². The maximum Gasteiger partial charge on any atom is 0.107 e. The summed E-state index contributed by atoms with van der Waals surface area (Å²) in [6.07, 6.45) is 1.44. The SMILES string of the molecule is CC(C)CC1COC(c2cccs2)C(C)N1. The first-order valence-electron chi connectivity index (χ1n) is 6.08. The Labute approximate surface area is 102 Å². The molecule has 16 heavy (non-hydrogen) atoms. The molecular formula is C13H21NOS. The molecule has 0 aromatic carbocycles. The van der Waals surface area contributed by atoms with Gasteiger partial charge in [-0.05, 0) is 30.7 Å². The summed E-state index contributed by atoms with van der Waals surface area (Å²) in [7, 11) is 0. The van der Waals surface area contributed by atoms with Gasteiger partial charge in [0, 0.05) is 17.0 Å². The normalized spacial score (nSPS) is 30.9. The van der Waals surface area contributed by atoms with Gasteiger partial charge in [0.05, 0.1) is 6.61 Å². The molecule has 0 aliphatic carbocycles. The highest BCUT2D eigenvalue weighted by atomic mass is 32.1. The van der Waals surface area contributed by atoms with Crippen molar-refractivity contribution in [3.63, 3.8) is 0 Å². The maximum atomic E-state index is 6.00. The van der Waals surface area contributed by atoms with Crippen LogP contribution in [0.3, 0.4) is 0 Å². The van der Waals surface area contributed by atoms with Crippen molar-refractivity contribution >= 4 is 11.3 Å². The van der Waals surface area contributed by atoms with E-state index in [9.17, 15) is 0 Å². The molecule has 3 atom stereocenters. The standard InChI is InChI=1S/C13H21NOS/c1-9(2)7-11-8-15-13(10(3)14-11)12-5-4-6-16-12/h4-6,9-11,13-14H,7-8H2,1-3H3. The quantitative estimate of drug-likeness (QED) is 0.874. The third-order valence-corrected chi connectivity index (χ3v) is 3.94. The van der Waals surface area contributed by atoms with E-state index < -0.39 is 0 Å². The molecule has 1 aliphatic rings. The minimum atomic E-state index is 0.239. The Bertz CT molecular complexity index is 310. The van der Waals surface area contributed by atoms with Crippen molar-refractivity contribution in [3.8, 4) is 0 Å². The Kier molecular flexibility index (Phi) is 4.00. The summed E-state index contributed by atoms with van der Waals surface area (Å²) in [5.41, 5.74) is 0. The summed E-state index contributed by atoms with van der Waals surface area (Å²) in [6, 6.07) is 5.19. The first kappa shape index (κ1) is 12.1. The molecular weight excluding hydrogens is 218 g/mol. The molecule has 1 aliphatic heterocycles. The van der Waals surface area contributed by atoms with Gasteiger partial charge in [-0.25, -0.2) is 0 Å². The van der Waals surface area contributed by atoms with Crippen molar-refractivity contribution in [2.45, 2.75) is 45.4 Å². The van der Waals surface area contributed by atoms with Crippen molar-refractivity contribution in [3.05, 3.63) is 22.4 Å². The molecule has 3 heteroatoms. The third kappa shape index (κ3) is 2.84. The highest BCUT2D eigenvalue weighted by molar-refractivity contribution is 7.10. The number of nitrogens with one attached hydrogen (secondary N) is 1. The molecule has 1 aromatic rings. The van der Waals surface area contributed by atoms with Gasteiger partial charge < -0.3 is 10.1 Å². The minimum Gasteiger partial charge on any atom is -0.369 e. The first-order valence-corrected chi connectivity index (χ1v) is 6.96. The molecule has 3 unspecified atom stereocenters. The van der Waals surface area contributed by atoms with E-state index in [4.69, 9.17) is 4.74 Å². The van der Waals surface area contributed by atoms with E-state index in [2.05, 4.69) is 43.6 Å². The fourth-order valence-corrected chi connectivity index (χ4v) is 3.24. The summed E-state index contributed by atoms with van der Waals surface area (Å²) in [5.74, 6) is 0.728. The number of thiophene rings is 1. The summed E-state index contributed by atoms with van der Waals surface area (Å²) < 4.78 is 6.00. The van der Waals surface area contributed by atoms with E-state index in [-0.39, 0.29) is 6.10 Å². The lowest BCUT2D eigenvalue weighted by molar-refractivity contribution is -0.0264. The number of hydrogen-bond donors (Lipinski definition) is 1. The van der Waals surface area contributed by atoms with Gasteiger partial charge in [-0.2, -0.15) is 0 Å². The third-order valence-electron chi connectivity index (χ3n) is 3.01. The Morgan fingerprint density at radius 1 is 1.56 bits per heavy atom. The molecule has 2 heterocycles. The zero-order valence-electron chi connectivity index (χ0n) is 10.3. The number of morpholine rings is 1. The van der Waals surface area contributed by atoms with Crippen LogP contribution in [0.4, 0.5) is 0 Å². The van der Waals surface area contributed by atoms with Crippen LogP contribution in [-0.4, -0.2) is 18.7 Å². The topological polar surface area (TPSA) is 21.3 Å². The lowest BCUT2D eigenvalue weighted by Gasteiger charge is -2.36. The van der Waals surface area contributed by atoms with Gasteiger partial charge in [0.1, 0.15) is 6.10 Å². The zero-order chi connectivity index (χ0) is 11.5. The molecule has 1 aromatic heterocycles. The van der Waals surface area contributed by atoms with Gasteiger partial charge in [-0.3, -0.25) is 0 Å². The highest BCUT2D eigenvalue weighted by Gasteiger charge is 2.29. The van der Waals surface area contributed by atoms with Gasteiger partial charge in [0.25, 0.3) is 0 Å². The first-order chi connectivity index (χ1) is 7.66. The van der Waals surface area contributed by atoms with Crippen LogP contribution in [0.1, 0.15) is 38.2 Å². The van der Waals surface area contributed by atoms with Crippen LogP contribution in [-0.2, 0) is 4.74 Å². The Balaban J connectivity index is 1.93. The Morgan fingerprint density at radius 3 is 2.94 bits per heavy atom. The van der Waals surface area contributed by atoms with Crippen LogP contribution >= 0.6 is 11.3 Å². The fourth-order valence-electron chi connectivity index (χ4n) is 2.36. The molecule has 0 bridgehead atoms. The molecule has 1 N–H and O–H groups in total. The largest absolute Gasteiger partial charge is 0.369 e. The summed E-state index contributed by atoms with van der Waals surface area (Å²) in [4.78, 5) is 1.34. The maximum absolute atomic E-state index is 6.00. The molecule has 0 radical (unpaired) electrons.